The molecule has 0 amide bonds. The van der Waals surface area contributed by atoms with Gasteiger partial charge >= 0.3 is 0 Å². The number of hydrogen-bond donors (Lipinski definition) is 0. The first-order valence-electron chi connectivity index (χ1n) is 3.07. The Morgan fingerprint density at radius 2 is 2.64 bits per heavy atom. The molecule has 0 N–H and O–H groups in total. The molecule has 1 aromatic rings. The minimum atomic E-state index is -1.16. The number of oxazole rings is 1. The van der Waals surface area contributed by atoms with Gasteiger partial charge in [0.15, 0.2) is 5.91 Å². The van der Waals surface area contributed by atoms with Gasteiger partial charge < -0.3 is 9.15 Å². The van der Waals surface area contributed by atoms with E-state index in [-0.39, 0.29) is 12.3 Å². The van der Waals surface area contributed by atoms with Crippen LogP contribution in [0, 0.1) is 0 Å². The van der Waals surface area contributed by atoms with Crippen molar-refractivity contribution in [2.24, 2.45) is 0 Å². The number of rotatable bonds is 3. The molecule has 0 saturated carbocycles. The summed E-state index contributed by atoms with van der Waals surface area (Å²) in [6.45, 7) is 0.275. The minimum Gasteiger partial charge on any atom is -0.446 e. The average molecular weight is 177 g/mol. The summed E-state index contributed by atoms with van der Waals surface area (Å²) in [6, 6.07) is 0. The van der Waals surface area contributed by atoms with Crippen LogP contribution in [-0.4, -0.2) is 12.1 Å². The first kappa shape index (κ1) is 8.62. The summed E-state index contributed by atoms with van der Waals surface area (Å²) >= 11 is 0. The molecule has 2 unspecified atom stereocenters. The fourth-order valence-corrected chi connectivity index (χ4v) is 0.795. The molecule has 3 nitrogen and oxygen atoms in total. The highest BCUT2D eigenvalue weighted by atomic mass is 31.0. The number of alkyl halides is 1. The Bertz CT molecular complexity index is 226. The van der Waals surface area contributed by atoms with E-state index in [0.29, 0.717) is 5.89 Å². The molecule has 2 atom stereocenters. The fraction of sp³-hybridized carbons (Fsp3) is 0.500. The first-order chi connectivity index (χ1) is 5.24. The molecule has 0 aliphatic rings. The molecule has 0 fully saturated rings. The summed E-state index contributed by atoms with van der Waals surface area (Å²) in [5, 5.41) is 0. The molecule has 5 heteroatoms. The van der Waals surface area contributed by atoms with Crippen molar-refractivity contribution < 1.29 is 13.5 Å². The Morgan fingerprint density at radius 3 is 3.09 bits per heavy atom. The third kappa shape index (κ3) is 2.24. The zero-order valence-electron chi connectivity index (χ0n) is 6.08. The molecule has 1 rings (SSSR count). The highest BCUT2D eigenvalue weighted by Gasteiger charge is 2.08. The lowest BCUT2D eigenvalue weighted by Gasteiger charge is -1.91. The zero-order chi connectivity index (χ0) is 8.27. The predicted octanol–water partition coefficient (Wildman–Crippen LogP) is 1.66. The van der Waals surface area contributed by atoms with E-state index in [1.165, 1.54) is 13.4 Å². The Balaban J connectivity index is 2.66. The van der Waals surface area contributed by atoms with Gasteiger partial charge in [-0.15, -0.1) is 0 Å². The van der Waals surface area contributed by atoms with Gasteiger partial charge in [0.1, 0.15) is 18.6 Å². The molecule has 62 valence electrons. The summed E-state index contributed by atoms with van der Waals surface area (Å²) in [6.07, 6.45) is 1.28. The lowest BCUT2D eigenvalue weighted by atomic mass is 10.5. The van der Waals surface area contributed by atoms with Crippen LogP contribution in [-0.2, 0) is 11.3 Å². The SMILES string of the molecule is COCc1nc(C(F)P)co1. The van der Waals surface area contributed by atoms with Gasteiger partial charge in [-0.25, -0.2) is 9.37 Å². The number of methoxy groups -OCH3 is 1. The average Bonchev–Trinajstić information content (AvgIpc) is 2.37. The second-order valence-corrected chi connectivity index (χ2v) is 2.59. The summed E-state index contributed by atoms with van der Waals surface area (Å²) in [5.41, 5.74) is 0.280. The standard InChI is InChI=1S/C6H9FNO2P/c1-9-3-5-8-4(2-10-5)6(7)11/h2,6H,3,11H2,1H3. The molecule has 0 saturated heterocycles. The molecule has 1 heterocycles. The zero-order valence-corrected chi connectivity index (χ0v) is 7.24. The maximum atomic E-state index is 12.5. The Kier molecular flexibility index (Phi) is 2.97. The second kappa shape index (κ2) is 3.79. The Hall–Kier alpha value is -0.470. The predicted molar refractivity (Wildman–Crippen MR) is 40.8 cm³/mol. The molecule has 0 radical (unpaired) electrons. The van der Waals surface area contributed by atoms with E-state index < -0.39 is 5.91 Å². The van der Waals surface area contributed by atoms with Crippen molar-refractivity contribution >= 4 is 9.24 Å². The molecule has 11 heavy (non-hydrogen) atoms. The molecule has 0 bridgehead atoms. The largest absolute Gasteiger partial charge is 0.446 e. The van der Waals surface area contributed by atoms with Gasteiger partial charge in [0, 0.05) is 7.11 Å². The molecule has 0 aliphatic carbocycles. The van der Waals surface area contributed by atoms with E-state index in [9.17, 15) is 4.39 Å². The van der Waals surface area contributed by atoms with Crippen molar-refractivity contribution in [3.05, 3.63) is 17.8 Å². The van der Waals surface area contributed by atoms with Gasteiger partial charge in [-0.05, 0) is 0 Å². The Labute approximate surface area is 66.1 Å². The number of hydrogen-bond acceptors (Lipinski definition) is 3. The van der Waals surface area contributed by atoms with Crippen molar-refractivity contribution in [3.63, 3.8) is 0 Å². The number of nitrogens with zero attached hydrogens (tertiary/aromatic N) is 1. The highest BCUT2D eigenvalue weighted by Crippen LogP contribution is 2.22. The number of ether oxygens (including phenoxy) is 1. The van der Waals surface area contributed by atoms with Crippen LogP contribution in [0.4, 0.5) is 4.39 Å². The fourth-order valence-electron chi connectivity index (χ4n) is 0.642. The summed E-state index contributed by atoms with van der Waals surface area (Å²) in [7, 11) is 3.52. The smallest absolute Gasteiger partial charge is 0.220 e. The molecule has 0 aliphatic heterocycles. The van der Waals surface area contributed by atoms with Crippen LogP contribution in [0.1, 0.15) is 17.5 Å². The lowest BCUT2D eigenvalue weighted by Crippen LogP contribution is -1.88. The van der Waals surface area contributed by atoms with Crippen molar-refractivity contribution in [1.29, 1.82) is 0 Å². The summed E-state index contributed by atoms with van der Waals surface area (Å²) < 4.78 is 22.1. The van der Waals surface area contributed by atoms with E-state index in [4.69, 9.17) is 9.15 Å². The highest BCUT2D eigenvalue weighted by molar-refractivity contribution is 7.16. The normalized spacial score (nSPS) is 13.4. The quantitative estimate of drug-likeness (QED) is 0.658. The maximum absolute atomic E-state index is 12.5. The lowest BCUT2D eigenvalue weighted by molar-refractivity contribution is 0.159. The van der Waals surface area contributed by atoms with Crippen molar-refractivity contribution in [2.75, 3.05) is 7.11 Å². The van der Waals surface area contributed by atoms with Gasteiger partial charge in [0.25, 0.3) is 0 Å². The Morgan fingerprint density at radius 1 is 1.91 bits per heavy atom. The van der Waals surface area contributed by atoms with Gasteiger partial charge in [0.05, 0.1) is 0 Å². The van der Waals surface area contributed by atoms with Gasteiger partial charge in [0.2, 0.25) is 5.89 Å². The molecule has 0 spiro atoms. The molecule has 0 aromatic carbocycles. The summed E-state index contributed by atoms with van der Waals surface area (Å²) in [5.74, 6) is -0.767. The summed E-state index contributed by atoms with van der Waals surface area (Å²) in [4.78, 5) is 3.81. The number of aromatic nitrogens is 1. The van der Waals surface area contributed by atoms with E-state index in [1.54, 1.807) is 0 Å². The molecular formula is C6H9FNO2P. The van der Waals surface area contributed by atoms with Gasteiger partial charge in [-0.3, -0.25) is 0 Å². The first-order valence-corrected chi connectivity index (χ1v) is 3.73. The second-order valence-electron chi connectivity index (χ2n) is 2.00. The topological polar surface area (TPSA) is 35.3 Å². The maximum Gasteiger partial charge on any atom is 0.220 e. The monoisotopic (exact) mass is 177 g/mol. The van der Waals surface area contributed by atoms with E-state index in [1.807, 2.05) is 9.24 Å². The van der Waals surface area contributed by atoms with Gasteiger partial charge in [-0.2, -0.15) is 0 Å². The van der Waals surface area contributed by atoms with Gasteiger partial charge in [-0.1, -0.05) is 9.24 Å². The van der Waals surface area contributed by atoms with E-state index >= 15 is 0 Å². The van der Waals surface area contributed by atoms with Crippen LogP contribution in [0.2, 0.25) is 0 Å². The van der Waals surface area contributed by atoms with Crippen LogP contribution < -0.4 is 0 Å². The number of halogens is 1. The van der Waals surface area contributed by atoms with Crippen LogP contribution in [0.25, 0.3) is 0 Å². The minimum absolute atomic E-state index is 0.275. The molecular weight excluding hydrogens is 168 g/mol. The van der Waals surface area contributed by atoms with Crippen LogP contribution in [0.5, 0.6) is 0 Å². The van der Waals surface area contributed by atoms with Crippen LogP contribution >= 0.6 is 9.24 Å². The van der Waals surface area contributed by atoms with Crippen molar-refractivity contribution in [2.45, 2.75) is 12.5 Å². The third-order valence-corrected chi connectivity index (χ3v) is 1.46. The van der Waals surface area contributed by atoms with Crippen molar-refractivity contribution in [1.82, 2.24) is 4.98 Å². The van der Waals surface area contributed by atoms with E-state index in [2.05, 4.69) is 4.98 Å². The van der Waals surface area contributed by atoms with Crippen LogP contribution in [0.3, 0.4) is 0 Å². The third-order valence-electron chi connectivity index (χ3n) is 1.12. The molecule has 1 aromatic heterocycles. The van der Waals surface area contributed by atoms with E-state index in [0.717, 1.165) is 0 Å². The van der Waals surface area contributed by atoms with Crippen molar-refractivity contribution in [3.8, 4) is 0 Å². The van der Waals surface area contributed by atoms with Crippen LogP contribution in [0.15, 0.2) is 10.7 Å².